The fraction of sp³-hybridized carbons (Fsp3) is 0.421. The monoisotopic (exact) mass is 395 g/mol. The Kier molecular flexibility index (Phi) is 6.16. The van der Waals surface area contributed by atoms with E-state index in [1.807, 2.05) is 32.9 Å². The van der Waals surface area contributed by atoms with Crippen molar-refractivity contribution < 1.29 is 18.0 Å². The predicted octanol–water partition coefficient (Wildman–Crippen LogP) is 3.56. The number of hydrogen-bond acceptors (Lipinski definition) is 5. The second-order valence-electron chi connectivity index (χ2n) is 6.98. The lowest BCUT2D eigenvalue weighted by Crippen LogP contribution is -2.32. The number of aryl methyl sites for hydroxylation is 3. The lowest BCUT2D eigenvalue weighted by atomic mass is 10.1. The smallest absolute Gasteiger partial charge is 0.363 e. The molecule has 0 aliphatic carbocycles. The molecule has 0 fully saturated rings. The number of alkyl halides is 3. The van der Waals surface area contributed by atoms with Crippen LogP contribution >= 0.6 is 0 Å². The van der Waals surface area contributed by atoms with Crippen LogP contribution in [-0.2, 0) is 11.0 Å². The fourth-order valence-electron chi connectivity index (χ4n) is 2.81. The molecule has 152 valence electrons. The Labute approximate surface area is 162 Å². The van der Waals surface area contributed by atoms with E-state index in [4.69, 9.17) is 0 Å². The molecule has 1 heterocycles. The van der Waals surface area contributed by atoms with Crippen molar-refractivity contribution >= 4 is 23.4 Å². The van der Waals surface area contributed by atoms with Crippen LogP contribution in [0.15, 0.2) is 18.2 Å². The molecule has 0 radical (unpaired) electrons. The van der Waals surface area contributed by atoms with E-state index in [1.165, 1.54) is 16.8 Å². The number of likely N-dealkylation sites (N-methyl/N-ethyl adjacent to an activating group) is 1. The molecular formula is C19H24F3N5O. The van der Waals surface area contributed by atoms with Gasteiger partial charge in [-0.3, -0.25) is 4.79 Å². The number of carbonyl (C=O) groups is 1. The molecule has 0 saturated carbocycles. The highest BCUT2D eigenvalue weighted by atomic mass is 19.4. The van der Waals surface area contributed by atoms with Gasteiger partial charge in [0.2, 0.25) is 11.9 Å². The van der Waals surface area contributed by atoms with Crippen molar-refractivity contribution in [1.82, 2.24) is 9.97 Å². The van der Waals surface area contributed by atoms with E-state index in [0.717, 1.165) is 22.8 Å². The molecule has 9 heteroatoms. The van der Waals surface area contributed by atoms with Crippen molar-refractivity contribution in [1.29, 1.82) is 0 Å². The number of benzene rings is 1. The summed E-state index contributed by atoms with van der Waals surface area (Å²) in [5.41, 5.74) is 2.55. The topological polar surface area (TPSA) is 61.4 Å². The molecule has 0 saturated heterocycles. The third-order valence-electron chi connectivity index (χ3n) is 4.11. The van der Waals surface area contributed by atoms with Crippen molar-refractivity contribution in [2.45, 2.75) is 26.9 Å². The zero-order valence-electron chi connectivity index (χ0n) is 16.8. The second-order valence-corrected chi connectivity index (χ2v) is 6.98. The van der Waals surface area contributed by atoms with Crippen LogP contribution in [0.3, 0.4) is 0 Å². The molecule has 0 atom stereocenters. The van der Waals surface area contributed by atoms with Gasteiger partial charge in [0.15, 0.2) is 5.69 Å². The van der Waals surface area contributed by atoms with E-state index < -0.39 is 11.9 Å². The molecule has 6 nitrogen and oxygen atoms in total. The van der Waals surface area contributed by atoms with Gasteiger partial charge in [-0.2, -0.15) is 18.2 Å². The summed E-state index contributed by atoms with van der Waals surface area (Å²) in [5, 5.41) is 2.82. The van der Waals surface area contributed by atoms with Crippen LogP contribution in [0.4, 0.5) is 30.6 Å². The summed E-state index contributed by atoms with van der Waals surface area (Å²) in [4.78, 5) is 22.9. The minimum atomic E-state index is -4.61. The molecule has 1 aromatic carbocycles. The maximum absolute atomic E-state index is 13.1. The lowest BCUT2D eigenvalue weighted by Gasteiger charge is -2.21. The van der Waals surface area contributed by atoms with Crippen LogP contribution in [0.25, 0.3) is 0 Å². The first-order valence-electron chi connectivity index (χ1n) is 8.61. The molecular weight excluding hydrogens is 371 g/mol. The van der Waals surface area contributed by atoms with E-state index in [2.05, 4.69) is 15.3 Å². The van der Waals surface area contributed by atoms with E-state index in [-0.39, 0.29) is 24.2 Å². The first-order chi connectivity index (χ1) is 12.9. The van der Waals surface area contributed by atoms with Crippen LogP contribution in [0.5, 0.6) is 0 Å². The Morgan fingerprint density at radius 3 is 2.11 bits per heavy atom. The zero-order valence-corrected chi connectivity index (χ0v) is 16.8. The summed E-state index contributed by atoms with van der Waals surface area (Å²) >= 11 is 0. The zero-order chi connectivity index (χ0) is 21.2. The predicted molar refractivity (Wildman–Crippen MR) is 104 cm³/mol. The van der Waals surface area contributed by atoms with Gasteiger partial charge in [0, 0.05) is 32.9 Å². The SMILES string of the molecule is Cc1cc(C)c(NC(=O)CN(C)c2nc(N(C)C)cc(C(F)(F)F)n2)c(C)c1. The summed E-state index contributed by atoms with van der Waals surface area (Å²) in [6, 6.07) is 4.77. The first-order valence-corrected chi connectivity index (χ1v) is 8.61. The molecule has 2 rings (SSSR count). The van der Waals surface area contributed by atoms with Gasteiger partial charge < -0.3 is 15.1 Å². The van der Waals surface area contributed by atoms with Crippen LogP contribution in [0, 0.1) is 20.8 Å². The first kappa shape index (κ1) is 21.5. The Balaban J connectivity index is 2.23. The third-order valence-corrected chi connectivity index (χ3v) is 4.11. The Hall–Kier alpha value is -2.84. The Bertz CT molecular complexity index is 857. The molecule has 1 amide bonds. The number of halogens is 3. The van der Waals surface area contributed by atoms with Crippen molar-refractivity contribution in [2.75, 3.05) is 42.8 Å². The van der Waals surface area contributed by atoms with Gasteiger partial charge in [-0.25, -0.2) is 4.98 Å². The van der Waals surface area contributed by atoms with Crippen LogP contribution < -0.4 is 15.1 Å². The Morgan fingerprint density at radius 1 is 1.04 bits per heavy atom. The fourth-order valence-corrected chi connectivity index (χ4v) is 2.81. The van der Waals surface area contributed by atoms with Crippen molar-refractivity contribution in [3.05, 3.63) is 40.6 Å². The van der Waals surface area contributed by atoms with Gasteiger partial charge in [0.1, 0.15) is 5.82 Å². The summed E-state index contributed by atoms with van der Waals surface area (Å²) in [7, 11) is 4.65. The lowest BCUT2D eigenvalue weighted by molar-refractivity contribution is -0.141. The molecule has 1 N–H and O–H groups in total. The molecule has 0 aliphatic heterocycles. The number of nitrogens with one attached hydrogen (secondary N) is 1. The number of hydrogen-bond donors (Lipinski definition) is 1. The second kappa shape index (κ2) is 8.04. The molecule has 2 aromatic rings. The molecule has 0 spiro atoms. The summed E-state index contributed by atoms with van der Waals surface area (Å²) < 4.78 is 39.4. The molecule has 1 aromatic heterocycles. The highest BCUT2D eigenvalue weighted by Gasteiger charge is 2.34. The van der Waals surface area contributed by atoms with E-state index in [0.29, 0.717) is 5.69 Å². The Morgan fingerprint density at radius 2 is 1.61 bits per heavy atom. The average molecular weight is 395 g/mol. The number of aromatic nitrogens is 2. The number of nitrogens with zero attached hydrogens (tertiary/aromatic N) is 4. The maximum atomic E-state index is 13.1. The van der Waals surface area contributed by atoms with Crippen molar-refractivity contribution in [2.24, 2.45) is 0 Å². The van der Waals surface area contributed by atoms with Gasteiger partial charge in [0.05, 0.1) is 6.54 Å². The van der Waals surface area contributed by atoms with Crippen molar-refractivity contribution in [3.63, 3.8) is 0 Å². The van der Waals surface area contributed by atoms with E-state index >= 15 is 0 Å². The normalized spacial score (nSPS) is 11.3. The summed E-state index contributed by atoms with van der Waals surface area (Å²) in [5.74, 6) is -0.439. The summed E-state index contributed by atoms with van der Waals surface area (Å²) in [6.07, 6.45) is -4.61. The van der Waals surface area contributed by atoms with Crippen molar-refractivity contribution in [3.8, 4) is 0 Å². The number of amides is 1. The molecule has 0 aliphatic rings. The highest BCUT2D eigenvalue weighted by Crippen LogP contribution is 2.30. The van der Waals surface area contributed by atoms with Gasteiger partial charge in [-0.15, -0.1) is 0 Å². The third kappa shape index (κ3) is 5.11. The highest BCUT2D eigenvalue weighted by molar-refractivity contribution is 5.95. The largest absolute Gasteiger partial charge is 0.433 e. The van der Waals surface area contributed by atoms with Gasteiger partial charge >= 0.3 is 6.18 Å². The van der Waals surface area contributed by atoms with Gasteiger partial charge in [-0.05, 0) is 31.9 Å². The maximum Gasteiger partial charge on any atom is 0.433 e. The standard InChI is InChI=1S/C19H24F3N5O/c1-11-7-12(2)17(13(3)8-11)25-16(28)10-27(6)18-23-14(19(20,21)22)9-15(24-18)26(4)5/h7-9H,10H2,1-6H3,(H,25,28). The number of anilines is 3. The van der Waals surface area contributed by atoms with Gasteiger partial charge in [-0.1, -0.05) is 17.7 Å². The van der Waals surface area contributed by atoms with Crippen LogP contribution in [-0.4, -0.2) is 43.6 Å². The van der Waals surface area contributed by atoms with Gasteiger partial charge in [0.25, 0.3) is 0 Å². The van der Waals surface area contributed by atoms with E-state index in [9.17, 15) is 18.0 Å². The molecule has 28 heavy (non-hydrogen) atoms. The molecule has 0 unspecified atom stereocenters. The van der Waals surface area contributed by atoms with Crippen LogP contribution in [0.1, 0.15) is 22.4 Å². The molecule has 0 bridgehead atoms. The minimum absolute atomic E-state index is 0.106. The summed E-state index contributed by atoms with van der Waals surface area (Å²) in [6.45, 7) is 5.55. The van der Waals surface area contributed by atoms with E-state index in [1.54, 1.807) is 14.1 Å². The minimum Gasteiger partial charge on any atom is -0.363 e. The van der Waals surface area contributed by atoms with Crippen LogP contribution in [0.2, 0.25) is 0 Å². The average Bonchev–Trinajstić information content (AvgIpc) is 2.56. The number of carbonyl (C=O) groups excluding carboxylic acids is 1. The quantitative estimate of drug-likeness (QED) is 0.839. The number of rotatable bonds is 5.